The Labute approximate surface area is 113 Å². The van der Waals surface area contributed by atoms with Crippen LogP contribution >= 0.6 is 11.3 Å². The van der Waals surface area contributed by atoms with Gasteiger partial charge in [-0.2, -0.15) is 11.3 Å². The minimum Gasteiger partial charge on any atom is -0.494 e. The number of aryl methyl sites for hydroxylation is 1. The molecule has 2 rings (SSSR count). The van der Waals surface area contributed by atoms with Gasteiger partial charge in [-0.3, -0.25) is 0 Å². The summed E-state index contributed by atoms with van der Waals surface area (Å²) < 4.78 is 5.47. The quantitative estimate of drug-likeness (QED) is 0.884. The summed E-state index contributed by atoms with van der Waals surface area (Å²) in [6, 6.07) is 8.58. The number of thiophene rings is 1. The second-order valence-electron chi connectivity index (χ2n) is 4.23. The van der Waals surface area contributed by atoms with Crippen LogP contribution in [-0.2, 0) is 0 Å². The maximum atomic E-state index is 5.47. The van der Waals surface area contributed by atoms with Crippen LogP contribution in [-0.4, -0.2) is 13.7 Å². The third-order valence-corrected chi connectivity index (χ3v) is 3.90. The molecule has 0 bridgehead atoms. The van der Waals surface area contributed by atoms with Gasteiger partial charge in [0.05, 0.1) is 12.6 Å². The van der Waals surface area contributed by atoms with E-state index >= 15 is 0 Å². The van der Waals surface area contributed by atoms with E-state index in [4.69, 9.17) is 4.74 Å². The molecule has 0 aliphatic rings. The van der Waals surface area contributed by atoms with E-state index in [1.165, 1.54) is 16.7 Å². The molecule has 0 saturated carbocycles. The van der Waals surface area contributed by atoms with Crippen LogP contribution in [0, 0.1) is 6.92 Å². The number of benzene rings is 1. The molecular weight excluding hydrogens is 242 g/mol. The molecule has 0 radical (unpaired) electrons. The van der Waals surface area contributed by atoms with Crippen molar-refractivity contribution in [1.29, 1.82) is 0 Å². The van der Waals surface area contributed by atoms with Crippen LogP contribution in [0.4, 0.5) is 0 Å². The van der Waals surface area contributed by atoms with E-state index in [9.17, 15) is 0 Å². The monoisotopic (exact) mass is 261 g/mol. The van der Waals surface area contributed by atoms with Gasteiger partial charge in [0.1, 0.15) is 5.75 Å². The summed E-state index contributed by atoms with van der Waals surface area (Å²) in [6.45, 7) is 4.86. The summed E-state index contributed by atoms with van der Waals surface area (Å²) in [5.74, 6) is 0.929. The maximum absolute atomic E-state index is 5.47. The zero-order valence-corrected chi connectivity index (χ0v) is 11.9. The number of nitrogens with one attached hydrogen (secondary N) is 1. The van der Waals surface area contributed by atoms with Crippen LogP contribution in [0.15, 0.2) is 35.0 Å². The van der Waals surface area contributed by atoms with E-state index in [-0.39, 0.29) is 6.04 Å². The summed E-state index contributed by atoms with van der Waals surface area (Å²) in [7, 11) is 2.00. The third kappa shape index (κ3) is 2.74. The minimum atomic E-state index is 0.256. The normalized spacial score (nSPS) is 12.4. The second-order valence-corrected chi connectivity index (χ2v) is 4.98. The fraction of sp³-hybridized carbons (Fsp3) is 0.333. The summed E-state index contributed by atoms with van der Waals surface area (Å²) in [4.78, 5) is 0. The van der Waals surface area contributed by atoms with Crippen LogP contribution in [0.2, 0.25) is 0 Å². The molecular formula is C15H19NOS. The van der Waals surface area contributed by atoms with Crippen LogP contribution in [0.1, 0.15) is 29.7 Å². The van der Waals surface area contributed by atoms with E-state index < -0.39 is 0 Å². The first kappa shape index (κ1) is 13.1. The first-order valence-electron chi connectivity index (χ1n) is 6.19. The summed E-state index contributed by atoms with van der Waals surface area (Å²) in [5, 5.41) is 7.78. The van der Waals surface area contributed by atoms with Gasteiger partial charge in [0.25, 0.3) is 0 Å². The van der Waals surface area contributed by atoms with Gasteiger partial charge in [-0.1, -0.05) is 12.1 Å². The molecule has 2 nitrogen and oxygen atoms in total. The van der Waals surface area contributed by atoms with Gasteiger partial charge in [0.15, 0.2) is 0 Å². The van der Waals surface area contributed by atoms with Gasteiger partial charge < -0.3 is 10.1 Å². The molecule has 0 amide bonds. The molecule has 0 aliphatic carbocycles. The molecule has 0 spiro atoms. The first-order chi connectivity index (χ1) is 8.76. The number of hydrogen-bond acceptors (Lipinski definition) is 3. The molecule has 0 aliphatic heterocycles. The van der Waals surface area contributed by atoms with Gasteiger partial charge in [0, 0.05) is 0 Å². The van der Waals surface area contributed by atoms with Gasteiger partial charge in [0.2, 0.25) is 0 Å². The lowest BCUT2D eigenvalue weighted by Gasteiger charge is -2.17. The van der Waals surface area contributed by atoms with Gasteiger partial charge in [-0.05, 0) is 60.5 Å². The fourth-order valence-electron chi connectivity index (χ4n) is 2.09. The molecule has 0 saturated heterocycles. The highest BCUT2D eigenvalue weighted by Gasteiger charge is 2.14. The molecule has 2 aromatic rings. The van der Waals surface area contributed by atoms with Gasteiger partial charge in [-0.15, -0.1) is 0 Å². The first-order valence-corrected chi connectivity index (χ1v) is 7.13. The van der Waals surface area contributed by atoms with E-state index in [1.807, 2.05) is 26.1 Å². The average Bonchev–Trinajstić information content (AvgIpc) is 2.79. The van der Waals surface area contributed by atoms with Gasteiger partial charge >= 0.3 is 0 Å². The minimum absolute atomic E-state index is 0.256. The van der Waals surface area contributed by atoms with E-state index in [0.717, 1.165) is 5.75 Å². The molecule has 18 heavy (non-hydrogen) atoms. The fourth-order valence-corrected chi connectivity index (χ4v) is 2.97. The number of rotatable bonds is 5. The molecule has 1 aromatic carbocycles. The van der Waals surface area contributed by atoms with Crippen molar-refractivity contribution in [2.75, 3.05) is 13.7 Å². The Morgan fingerprint density at radius 3 is 2.44 bits per heavy atom. The molecule has 1 aromatic heterocycles. The molecule has 1 unspecified atom stereocenters. The molecule has 3 heteroatoms. The number of ether oxygens (including phenoxy) is 1. The second kappa shape index (κ2) is 6.03. The Morgan fingerprint density at radius 2 is 1.94 bits per heavy atom. The van der Waals surface area contributed by atoms with Crippen molar-refractivity contribution in [3.63, 3.8) is 0 Å². The zero-order valence-electron chi connectivity index (χ0n) is 11.1. The van der Waals surface area contributed by atoms with Crippen molar-refractivity contribution in [2.45, 2.75) is 19.9 Å². The summed E-state index contributed by atoms with van der Waals surface area (Å²) >= 11 is 1.75. The standard InChI is InChI=1S/C15H19NOS/c1-4-17-13-7-5-12(6-8-13)15(16-3)14-10-18-9-11(14)2/h5-10,15-16H,4H2,1-3H3. The Bertz CT molecular complexity index is 489. The van der Waals surface area contributed by atoms with E-state index in [2.05, 4.69) is 35.1 Å². The summed E-state index contributed by atoms with van der Waals surface area (Å²) in [6.07, 6.45) is 0. The number of hydrogen-bond donors (Lipinski definition) is 1. The van der Waals surface area contributed by atoms with Crippen molar-refractivity contribution >= 4 is 11.3 Å². The molecule has 1 atom stereocenters. The average molecular weight is 261 g/mol. The highest BCUT2D eigenvalue weighted by molar-refractivity contribution is 7.08. The van der Waals surface area contributed by atoms with Crippen molar-refractivity contribution < 1.29 is 4.74 Å². The van der Waals surface area contributed by atoms with Crippen molar-refractivity contribution in [1.82, 2.24) is 5.32 Å². The van der Waals surface area contributed by atoms with Crippen molar-refractivity contribution in [3.05, 3.63) is 51.7 Å². The van der Waals surface area contributed by atoms with Gasteiger partial charge in [-0.25, -0.2) is 0 Å². The topological polar surface area (TPSA) is 21.3 Å². The smallest absolute Gasteiger partial charge is 0.119 e. The lowest BCUT2D eigenvalue weighted by atomic mass is 9.98. The van der Waals surface area contributed by atoms with E-state index in [0.29, 0.717) is 6.61 Å². The summed E-state index contributed by atoms with van der Waals surface area (Å²) in [5.41, 5.74) is 3.96. The molecule has 1 heterocycles. The highest BCUT2D eigenvalue weighted by atomic mass is 32.1. The predicted molar refractivity (Wildman–Crippen MR) is 77.6 cm³/mol. The highest BCUT2D eigenvalue weighted by Crippen LogP contribution is 2.28. The van der Waals surface area contributed by atoms with Crippen LogP contribution in [0.5, 0.6) is 5.75 Å². The SMILES string of the molecule is CCOc1ccc(C(NC)c2cscc2C)cc1. The Hall–Kier alpha value is -1.32. The largest absolute Gasteiger partial charge is 0.494 e. The molecule has 0 fully saturated rings. The third-order valence-electron chi connectivity index (χ3n) is 3.02. The zero-order chi connectivity index (χ0) is 13.0. The van der Waals surface area contributed by atoms with Crippen LogP contribution < -0.4 is 10.1 Å². The van der Waals surface area contributed by atoms with E-state index in [1.54, 1.807) is 11.3 Å². The van der Waals surface area contributed by atoms with Crippen molar-refractivity contribution in [2.24, 2.45) is 0 Å². The Kier molecular flexibility index (Phi) is 4.39. The van der Waals surface area contributed by atoms with Crippen molar-refractivity contribution in [3.8, 4) is 5.75 Å². The lowest BCUT2D eigenvalue weighted by Crippen LogP contribution is -2.17. The predicted octanol–water partition coefficient (Wildman–Crippen LogP) is 3.76. The Balaban J connectivity index is 2.25. The van der Waals surface area contributed by atoms with Crippen LogP contribution in [0.25, 0.3) is 0 Å². The molecule has 96 valence electrons. The lowest BCUT2D eigenvalue weighted by molar-refractivity contribution is 0.340. The maximum Gasteiger partial charge on any atom is 0.119 e. The molecule has 1 N–H and O–H groups in total. The Morgan fingerprint density at radius 1 is 1.22 bits per heavy atom. The van der Waals surface area contributed by atoms with Crippen LogP contribution in [0.3, 0.4) is 0 Å².